The van der Waals surface area contributed by atoms with Crippen LogP contribution in [-0.2, 0) is 4.79 Å². The highest BCUT2D eigenvalue weighted by Gasteiger charge is 2.45. The minimum atomic E-state index is -0.475. The van der Waals surface area contributed by atoms with Crippen LogP contribution >= 0.6 is 0 Å². The molecule has 3 amide bonds. The van der Waals surface area contributed by atoms with Crippen LogP contribution in [0.5, 0.6) is 0 Å². The second-order valence-corrected chi connectivity index (χ2v) is 7.53. The Hall–Kier alpha value is -3.14. The summed E-state index contributed by atoms with van der Waals surface area (Å²) in [5.41, 5.74) is 4.91. The maximum Gasteiger partial charge on any atom is 0.322 e. The fraction of sp³-hybridized carbons (Fsp3) is 0.280. The summed E-state index contributed by atoms with van der Waals surface area (Å²) in [6.07, 6.45) is 5.89. The second-order valence-electron chi connectivity index (χ2n) is 7.53. The predicted octanol–water partition coefficient (Wildman–Crippen LogP) is 5.48. The monoisotopic (exact) mass is 390 g/mol. The van der Waals surface area contributed by atoms with E-state index in [1.165, 1.54) is 0 Å². The van der Waals surface area contributed by atoms with Gasteiger partial charge in [-0.3, -0.25) is 10.1 Å². The molecular weight excluding hydrogens is 360 g/mol. The lowest BCUT2D eigenvalue weighted by molar-refractivity contribution is -0.116. The molecule has 0 heterocycles. The fourth-order valence-corrected chi connectivity index (χ4v) is 4.37. The first-order chi connectivity index (χ1) is 14.1. The summed E-state index contributed by atoms with van der Waals surface area (Å²) >= 11 is 0. The van der Waals surface area contributed by atoms with Crippen LogP contribution in [0.3, 0.4) is 0 Å². The van der Waals surface area contributed by atoms with Gasteiger partial charge in [-0.1, -0.05) is 87.5 Å². The Kier molecular flexibility index (Phi) is 5.10. The maximum absolute atomic E-state index is 12.5. The number of rotatable bonds is 2. The van der Waals surface area contributed by atoms with E-state index in [-0.39, 0.29) is 14.8 Å². The van der Waals surface area contributed by atoms with Crippen molar-refractivity contribution in [2.24, 2.45) is 17.8 Å². The molecule has 152 valence electrons. The van der Waals surface area contributed by atoms with E-state index in [2.05, 4.69) is 35.8 Å². The molecule has 5 rings (SSSR count). The molecule has 2 aromatic carbocycles. The number of urea groups is 1. The molecule has 4 nitrogen and oxygen atoms in total. The van der Waals surface area contributed by atoms with Crippen molar-refractivity contribution in [3.05, 3.63) is 83.5 Å². The summed E-state index contributed by atoms with van der Waals surface area (Å²) in [5.74, 6) is 1.24. The molecule has 2 aromatic rings. The number of hydrogen-bond donors (Lipinski definition) is 2. The van der Waals surface area contributed by atoms with Gasteiger partial charge in [0.15, 0.2) is 0 Å². The van der Waals surface area contributed by atoms with E-state index in [1.807, 2.05) is 62.4 Å². The van der Waals surface area contributed by atoms with E-state index < -0.39 is 6.03 Å². The number of allylic oxidation sites excluding steroid dienone is 2. The summed E-state index contributed by atoms with van der Waals surface area (Å²) in [5, 5.41) is 5.45. The van der Waals surface area contributed by atoms with Crippen LogP contribution in [0.1, 0.15) is 40.8 Å². The fourth-order valence-electron chi connectivity index (χ4n) is 4.37. The number of carbonyl (C=O) groups is 2. The van der Waals surface area contributed by atoms with Crippen LogP contribution in [0.2, 0.25) is 0 Å². The van der Waals surface area contributed by atoms with Crippen molar-refractivity contribution in [1.29, 1.82) is 0 Å². The van der Waals surface area contributed by atoms with Crippen molar-refractivity contribution in [1.82, 2.24) is 10.6 Å². The van der Waals surface area contributed by atoms with Gasteiger partial charge in [0.2, 0.25) is 0 Å². The van der Waals surface area contributed by atoms with Crippen molar-refractivity contribution < 1.29 is 12.4 Å². The van der Waals surface area contributed by atoms with E-state index in [9.17, 15) is 9.59 Å². The average molecular weight is 391 g/mol. The average Bonchev–Trinajstić information content (AvgIpc) is 3.31. The van der Waals surface area contributed by atoms with Crippen molar-refractivity contribution >= 4 is 11.9 Å². The van der Waals surface area contributed by atoms with Crippen LogP contribution in [0, 0.1) is 17.8 Å². The van der Waals surface area contributed by atoms with Gasteiger partial charge in [0.25, 0.3) is 5.91 Å². The molecule has 0 bridgehead atoms. The zero-order valence-electron chi connectivity index (χ0n) is 17.0. The molecule has 0 saturated heterocycles. The predicted molar refractivity (Wildman–Crippen MR) is 119 cm³/mol. The van der Waals surface area contributed by atoms with Crippen molar-refractivity contribution in [2.45, 2.75) is 26.8 Å². The van der Waals surface area contributed by atoms with Crippen LogP contribution in [0.15, 0.2) is 72.3 Å². The highest BCUT2D eigenvalue weighted by Crippen LogP contribution is 2.50. The van der Waals surface area contributed by atoms with Gasteiger partial charge in [-0.05, 0) is 40.0 Å². The molecule has 0 aliphatic heterocycles. The van der Waals surface area contributed by atoms with Gasteiger partial charge in [0.05, 0.1) is 6.04 Å². The molecule has 2 N–H and O–H groups in total. The minimum absolute atomic E-state index is 0. The number of nitrogens with one attached hydrogen (secondary N) is 2. The SMILES string of the molecule is CC.CC1C2C=CC(C(=O)NC(=O)NC3c4ccccc4-c4ccccc43)=CC12.[HH].[HH]. The van der Waals surface area contributed by atoms with Gasteiger partial charge in [-0.15, -0.1) is 0 Å². The van der Waals surface area contributed by atoms with Crippen LogP contribution in [-0.4, -0.2) is 11.9 Å². The van der Waals surface area contributed by atoms with Crippen LogP contribution < -0.4 is 10.6 Å². The molecule has 29 heavy (non-hydrogen) atoms. The van der Waals surface area contributed by atoms with Gasteiger partial charge < -0.3 is 5.32 Å². The summed E-state index contributed by atoms with van der Waals surface area (Å²) in [6, 6.07) is 15.3. The highest BCUT2D eigenvalue weighted by molar-refractivity contribution is 6.06. The number of amides is 3. The zero-order chi connectivity index (χ0) is 20.5. The molecule has 0 spiro atoms. The Morgan fingerprint density at radius 3 is 2.07 bits per heavy atom. The Bertz CT molecular complexity index is 986. The first-order valence-corrected chi connectivity index (χ1v) is 10.3. The first kappa shape index (κ1) is 19.2. The molecule has 3 aliphatic carbocycles. The van der Waals surface area contributed by atoms with E-state index in [0.29, 0.717) is 23.3 Å². The largest absolute Gasteiger partial charge is 0.327 e. The zero-order valence-corrected chi connectivity index (χ0v) is 17.0. The molecular formula is C25H30N2O2. The molecule has 0 aromatic heterocycles. The number of carbonyl (C=O) groups excluding carboxylic acids is 2. The Morgan fingerprint density at radius 2 is 1.48 bits per heavy atom. The maximum atomic E-state index is 12.5. The third-order valence-corrected chi connectivity index (χ3v) is 5.99. The topological polar surface area (TPSA) is 58.2 Å². The van der Waals surface area contributed by atoms with E-state index in [1.54, 1.807) is 0 Å². The standard InChI is InChI=1S/C23H20N2O2.C2H6.2H2/c1-13-15-11-10-14(12-20(13)15)22(26)25-23(27)24-21-18-8-4-2-6-16(18)17-7-3-5-9-19(17)21;1-2;;/h2-13,15,20-21H,1H3,(H2,24,25,26,27);1-2H3;2*1H. The van der Waals surface area contributed by atoms with Gasteiger partial charge >= 0.3 is 6.03 Å². The summed E-state index contributed by atoms with van der Waals surface area (Å²) in [4.78, 5) is 25.0. The summed E-state index contributed by atoms with van der Waals surface area (Å²) < 4.78 is 0. The summed E-state index contributed by atoms with van der Waals surface area (Å²) in [7, 11) is 0. The molecule has 4 heteroatoms. The van der Waals surface area contributed by atoms with E-state index in [0.717, 1.165) is 22.3 Å². The third-order valence-electron chi connectivity index (χ3n) is 5.99. The lowest BCUT2D eigenvalue weighted by atomic mass is 10.1. The lowest BCUT2D eigenvalue weighted by Gasteiger charge is -2.16. The van der Waals surface area contributed by atoms with E-state index in [4.69, 9.17) is 0 Å². The normalized spacial score (nSPS) is 22.9. The van der Waals surface area contributed by atoms with Gasteiger partial charge in [0.1, 0.15) is 0 Å². The van der Waals surface area contributed by atoms with Crippen molar-refractivity contribution in [2.75, 3.05) is 0 Å². The van der Waals surface area contributed by atoms with Crippen molar-refractivity contribution in [3.63, 3.8) is 0 Å². The molecule has 3 aliphatic rings. The smallest absolute Gasteiger partial charge is 0.322 e. The highest BCUT2D eigenvalue weighted by atomic mass is 16.2. The molecule has 3 atom stereocenters. The number of hydrogen-bond acceptors (Lipinski definition) is 2. The molecule has 0 radical (unpaired) electrons. The van der Waals surface area contributed by atoms with E-state index >= 15 is 0 Å². The van der Waals surface area contributed by atoms with Crippen LogP contribution in [0.25, 0.3) is 11.1 Å². The van der Waals surface area contributed by atoms with Gasteiger partial charge in [-0.2, -0.15) is 0 Å². The molecule has 3 unspecified atom stereocenters. The van der Waals surface area contributed by atoms with Crippen molar-refractivity contribution in [3.8, 4) is 11.1 Å². The summed E-state index contributed by atoms with van der Waals surface area (Å²) in [6.45, 7) is 6.18. The van der Waals surface area contributed by atoms with Crippen LogP contribution in [0.4, 0.5) is 4.79 Å². The Labute approximate surface area is 174 Å². The van der Waals surface area contributed by atoms with Gasteiger partial charge in [-0.25, -0.2) is 4.79 Å². The Balaban J connectivity index is 0.000000830. The first-order valence-electron chi connectivity index (χ1n) is 10.3. The van der Waals surface area contributed by atoms with Gasteiger partial charge in [0, 0.05) is 8.43 Å². The number of benzene rings is 2. The molecule has 1 saturated carbocycles. The molecule has 1 fully saturated rings. The minimum Gasteiger partial charge on any atom is -0.327 e. The Morgan fingerprint density at radius 1 is 0.897 bits per heavy atom. The quantitative estimate of drug-likeness (QED) is 0.713. The lowest BCUT2D eigenvalue weighted by Crippen LogP contribution is -2.41. The third kappa shape index (κ3) is 3.39. The second kappa shape index (κ2) is 7.70. The number of fused-ring (bicyclic) bond motifs is 4. The number of imide groups is 1.